The minimum absolute atomic E-state index is 0.0533. The van der Waals surface area contributed by atoms with Crippen LogP contribution in [0, 0.1) is 0 Å². The first-order valence-electron chi connectivity index (χ1n) is 6.15. The fourth-order valence-electron chi connectivity index (χ4n) is 2.34. The van der Waals surface area contributed by atoms with Gasteiger partial charge in [0.15, 0.2) is 0 Å². The van der Waals surface area contributed by atoms with Crippen LogP contribution in [0.25, 0.3) is 0 Å². The molecule has 0 bridgehead atoms. The number of benzene rings is 1. The Morgan fingerprint density at radius 2 is 2.25 bits per heavy atom. The minimum Gasteiger partial charge on any atom is -0.481 e. The summed E-state index contributed by atoms with van der Waals surface area (Å²) in [6.45, 7) is 0.708. The number of primary amides is 1. The van der Waals surface area contributed by atoms with E-state index >= 15 is 0 Å². The number of carbonyl (C=O) groups is 2. The maximum atomic E-state index is 11.7. The van der Waals surface area contributed by atoms with Gasteiger partial charge < -0.3 is 15.7 Å². The van der Waals surface area contributed by atoms with Gasteiger partial charge in [0.05, 0.1) is 17.7 Å². The number of hydrogen-bond donors (Lipinski definition) is 2. The number of amides is 1. The van der Waals surface area contributed by atoms with E-state index in [9.17, 15) is 9.59 Å². The highest BCUT2D eigenvalue weighted by atomic mass is 79.9. The molecule has 7 heteroatoms. The third-order valence-corrected chi connectivity index (χ3v) is 4.94. The summed E-state index contributed by atoms with van der Waals surface area (Å²) >= 11 is 5.07. The lowest BCUT2D eigenvalue weighted by Crippen LogP contribution is -2.44. The van der Waals surface area contributed by atoms with E-state index in [0.717, 1.165) is 11.5 Å². The molecule has 108 valence electrons. The zero-order chi connectivity index (χ0) is 14.7. The van der Waals surface area contributed by atoms with Gasteiger partial charge in [-0.25, -0.2) is 0 Å². The molecule has 1 atom stereocenters. The van der Waals surface area contributed by atoms with Crippen molar-refractivity contribution in [3.8, 4) is 0 Å². The number of carboxylic acid groups (broad SMARTS) is 1. The molecule has 1 unspecified atom stereocenters. The number of thioether (sulfide) groups is 1. The van der Waals surface area contributed by atoms with Crippen LogP contribution in [0.15, 0.2) is 22.7 Å². The lowest BCUT2D eigenvalue weighted by Gasteiger charge is -2.37. The van der Waals surface area contributed by atoms with Gasteiger partial charge >= 0.3 is 5.97 Å². The Morgan fingerprint density at radius 1 is 1.50 bits per heavy atom. The number of rotatable bonds is 4. The monoisotopic (exact) mass is 358 g/mol. The number of carbonyl (C=O) groups excluding carboxylic acids is 1. The predicted molar refractivity (Wildman–Crippen MR) is 83.4 cm³/mol. The first kappa shape index (κ1) is 15.2. The quantitative estimate of drug-likeness (QED) is 0.859. The topological polar surface area (TPSA) is 83.6 Å². The normalized spacial score (nSPS) is 18.9. The first-order chi connectivity index (χ1) is 9.50. The molecule has 0 radical (unpaired) electrons. The van der Waals surface area contributed by atoms with E-state index in [1.54, 1.807) is 17.8 Å². The lowest BCUT2D eigenvalue weighted by atomic mass is 10.1. The van der Waals surface area contributed by atoms with Crippen molar-refractivity contribution < 1.29 is 14.7 Å². The summed E-state index contributed by atoms with van der Waals surface area (Å²) in [6, 6.07) is 5.27. The molecule has 0 saturated carbocycles. The third kappa shape index (κ3) is 3.27. The van der Waals surface area contributed by atoms with Gasteiger partial charge in [-0.05, 0) is 28.1 Å². The smallest absolute Gasteiger partial charge is 0.305 e. The number of nitrogens with zero attached hydrogens (tertiary/aromatic N) is 1. The Labute approximate surface area is 129 Å². The molecular weight excluding hydrogens is 344 g/mol. The molecular formula is C13H15BrN2O3S. The predicted octanol–water partition coefficient (Wildman–Crippen LogP) is 1.94. The Hall–Kier alpha value is -1.21. The molecule has 1 aromatic carbocycles. The van der Waals surface area contributed by atoms with Crippen LogP contribution >= 0.6 is 27.7 Å². The van der Waals surface area contributed by atoms with Crippen LogP contribution in [0.4, 0.5) is 5.69 Å². The molecule has 1 aromatic rings. The van der Waals surface area contributed by atoms with Crippen molar-refractivity contribution >= 4 is 45.3 Å². The number of anilines is 1. The van der Waals surface area contributed by atoms with Crippen LogP contribution in [0.1, 0.15) is 16.8 Å². The van der Waals surface area contributed by atoms with Crippen molar-refractivity contribution in [2.24, 2.45) is 5.73 Å². The van der Waals surface area contributed by atoms with E-state index in [4.69, 9.17) is 10.8 Å². The standard InChI is InChI=1S/C13H15BrN2O3S/c14-9-2-1-3-10(12(9)13(15)19)16-4-5-20-7-8(16)6-11(17)18/h1-3,8H,4-7H2,(H2,15,19)(H,17,18). The summed E-state index contributed by atoms with van der Waals surface area (Å²) in [5, 5.41) is 9.03. The van der Waals surface area contributed by atoms with Crippen LogP contribution in [0.2, 0.25) is 0 Å². The van der Waals surface area contributed by atoms with E-state index in [0.29, 0.717) is 22.3 Å². The van der Waals surface area contributed by atoms with Gasteiger partial charge in [-0.1, -0.05) is 6.07 Å². The average Bonchev–Trinajstić information content (AvgIpc) is 2.38. The second-order valence-corrected chi connectivity index (χ2v) is 6.52. The fourth-order valence-corrected chi connectivity index (χ4v) is 3.95. The molecule has 20 heavy (non-hydrogen) atoms. The van der Waals surface area contributed by atoms with Crippen LogP contribution in [-0.4, -0.2) is 41.1 Å². The molecule has 1 aliphatic rings. The van der Waals surface area contributed by atoms with E-state index in [2.05, 4.69) is 15.9 Å². The summed E-state index contributed by atoms with van der Waals surface area (Å²) in [7, 11) is 0. The van der Waals surface area contributed by atoms with E-state index < -0.39 is 11.9 Å². The summed E-state index contributed by atoms with van der Waals surface area (Å²) < 4.78 is 0.634. The van der Waals surface area contributed by atoms with Gasteiger partial charge in [0.25, 0.3) is 5.91 Å². The van der Waals surface area contributed by atoms with Crippen molar-refractivity contribution in [2.75, 3.05) is 23.0 Å². The maximum absolute atomic E-state index is 11.7. The highest BCUT2D eigenvalue weighted by Gasteiger charge is 2.28. The average molecular weight is 359 g/mol. The molecule has 0 aliphatic carbocycles. The highest BCUT2D eigenvalue weighted by molar-refractivity contribution is 9.10. The van der Waals surface area contributed by atoms with Crippen molar-refractivity contribution in [1.29, 1.82) is 0 Å². The van der Waals surface area contributed by atoms with Crippen LogP contribution in [-0.2, 0) is 4.79 Å². The fraction of sp³-hybridized carbons (Fsp3) is 0.385. The van der Waals surface area contributed by atoms with Crippen LogP contribution in [0.3, 0.4) is 0 Å². The van der Waals surface area contributed by atoms with E-state index in [1.807, 2.05) is 17.0 Å². The van der Waals surface area contributed by atoms with Gasteiger partial charge in [0, 0.05) is 28.6 Å². The molecule has 1 fully saturated rings. The Kier molecular flexibility index (Phi) is 4.93. The van der Waals surface area contributed by atoms with Gasteiger partial charge in [-0.15, -0.1) is 0 Å². The van der Waals surface area contributed by atoms with Crippen LogP contribution < -0.4 is 10.6 Å². The molecule has 1 heterocycles. The molecule has 1 aliphatic heterocycles. The zero-order valence-electron chi connectivity index (χ0n) is 10.7. The molecule has 0 aromatic heterocycles. The molecule has 2 rings (SSSR count). The number of aliphatic carboxylic acids is 1. The molecule has 5 nitrogen and oxygen atoms in total. The molecule has 1 amide bonds. The number of hydrogen-bond acceptors (Lipinski definition) is 4. The van der Waals surface area contributed by atoms with Crippen molar-refractivity contribution in [3.63, 3.8) is 0 Å². The second-order valence-electron chi connectivity index (χ2n) is 4.52. The first-order valence-corrected chi connectivity index (χ1v) is 8.10. The zero-order valence-corrected chi connectivity index (χ0v) is 13.1. The second kappa shape index (κ2) is 6.49. The minimum atomic E-state index is -0.835. The van der Waals surface area contributed by atoms with Crippen molar-refractivity contribution in [3.05, 3.63) is 28.2 Å². The summed E-state index contributed by atoms with van der Waals surface area (Å²) in [5.74, 6) is 0.288. The van der Waals surface area contributed by atoms with E-state index in [-0.39, 0.29) is 12.5 Å². The highest BCUT2D eigenvalue weighted by Crippen LogP contribution is 2.32. The Bertz CT molecular complexity index is 538. The third-order valence-electron chi connectivity index (χ3n) is 3.19. The summed E-state index contributed by atoms with van der Waals surface area (Å²) in [4.78, 5) is 24.6. The summed E-state index contributed by atoms with van der Waals surface area (Å²) in [6.07, 6.45) is 0.0533. The number of nitrogens with two attached hydrogens (primary N) is 1. The SMILES string of the molecule is NC(=O)c1c(Br)cccc1N1CCSCC1CC(=O)O. The van der Waals surface area contributed by atoms with Gasteiger partial charge in [-0.3, -0.25) is 9.59 Å². The molecule has 0 spiro atoms. The molecule has 3 N–H and O–H groups in total. The summed E-state index contributed by atoms with van der Waals surface area (Å²) in [5.41, 5.74) is 6.57. The Morgan fingerprint density at radius 3 is 2.90 bits per heavy atom. The largest absolute Gasteiger partial charge is 0.481 e. The maximum Gasteiger partial charge on any atom is 0.305 e. The number of carboxylic acids is 1. The van der Waals surface area contributed by atoms with Crippen LogP contribution in [0.5, 0.6) is 0 Å². The van der Waals surface area contributed by atoms with Crippen molar-refractivity contribution in [2.45, 2.75) is 12.5 Å². The van der Waals surface area contributed by atoms with Gasteiger partial charge in [0.2, 0.25) is 0 Å². The molecule has 1 saturated heterocycles. The lowest BCUT2D eigenvalue weighted by molar-refractivity contribution is -0.137. The number of halogens is 1. The van der Waals surface area contributed by atoms with Crippen molar-refractivity contribution in [1.82, 2.24) is 0 Å². The van der Waals surface area contributed by atoms with Gasteiger partial charge in [0.1, 0.15) is 0 Å². The van der Waals surface area contributed by atoms with E-state index in [1.165, 1.54) is 0 Å². The Balaban J connectivity index is 2.39. The van der Waals surface area contributed by atoms with Gasteiger partial charge in [-0.2, -0.15) is 11.8 Å².